The van der Waals surface area contributed by atoms with Gasteiger partial charge in [0, 0.05) is 35.3 Å². The lowest BCUT2D eigenvalue weighted by atomic mass is 10.1. The molecule has 1 aliphatic heterocycles. The number of aryl methyl sites for hydroxylation is 1. The Morgan fingerprint density at radius 1 is 1.35 bits per heavy atom. The molecule has 1 aromatic heterocycles. The molecule has 0 aliphatic carbocycles. The summed E-state index contributed by atoms with van der Waals surface area (Å²) in [6, 6.07) is 9.56. The molecule has 1 N–H and O–H groups in total. The molecule has 0 spiro atoms. The average molecular weight is 326 g/mol. The Kier molecular flexibility index (Phi) is 4.57. The minimum absolute atomic E-state index is 0.147. The lowest BCUT2D eigenvalue weighted by Crippen LogP contribution is -2.24. The normalized spacial score (nSPS) is 14.7. The van der Waals surface area contributed by atoms with Crippen LogP contribution in [-0.4, -0.2) is 18.4 Å². The third kappa shape index (κ3) is 3.68. The van der Waals surface area contributed by atoms with Crippen molar-refractivity contribution in [3.05, 3.63) is 52.2 Å². The van der Waals surface area contributed by atoms with Crippen molar-refractivity contribution >= 4 is 40.6 Å². The van der Waals surface area contributed by atoms with Crippen molar-refractivity contribution in [1.29, 1.82) is 0 Å². The fourth-order valence-corrected chi connectivity index (χ4v) is 3.23. The summed E-state index contributed by atoms with van der Waals surface area (Å²) in [6.07, 6.45) is 4.80. The second-order valence-corrected chi connectivity index (χ2v) is 6.47. The summed E-state index contributed by atoms with van der Waals surface area (Å²) in [6.45, 7) is 2.72. The molecular formula is C18H18N2O2S. The van der Waals surface area contributed by atoms with E-state index in [4.69, 9.17) is 0 Å². The van der Waals surface area contributed by atoms with E-state index in [0.29, 0.717) is 12.1 Å². The number of thiophene rings is 1. The minimum atomic E-state index is -0.180. The molecule has 2 amide bonds. The number of carbonyl (C=O) groups is 2. The van der Waals surface area contributed by atoms with Crippen molar-refractivity contribution in [2.75, 3.05) is 16.8 Å². The molecule has 5 heteroatoms. The standard InChI is InChI=1S/C18H18N2O2S/c1-13-6-7-14(12-16(13)20-10-2-5-18(20)22)19-17(21)9-8-15-4-3-11-23-15/h3-4,6-9,11-12H,2,5,10H2,1H3,(H,19,21)/b9-8+. The van der Waals surface area contributed by atoms with Gasteiger partial charge in [0.05, 0.1) is 0 Å². The van der Waals surface area contributed by atoms with Gasteiger partial charge in [-0.25, -0.2) is 0 Å². The first-order valence-corrected chi connectivity index (χ1v) is 8.45. The van der Waals surface area contributed by atoms with Crippen LogP contribution in [-0.2, 0) is 9.59 Å². The Bertz CT molecular complexity index is 750. The third-order valence-electron chi connectivity index (χ3n) is 3.78. The fourth-order valence-electron chi connectivity index (χ4n) is 2.61. The molecule has 1 aromatic carbocycles. The number of hydrogen-bond donors (Lipinski definition) is 1. The van der Waals surface area contributed by atoms with E-state index in [1.807, 2.05) is 42.6 Å². The van der Waals surface area contributed by atoms with Crippen molar-refractivity contribution in [2.45, 2.75) is 19.8 Å². The van der Waals surface area contributed by atoms with Gasteiger partial charge in [-0.05, 0) is 48.6 Å². The Hall–Kier alpha value is -2.40. The van der Waals surface area contributed by atoms with Crippen molar-refractivity contribution in [3.8, 4) is 0 Å². The van der Waals surface area contributed by atoms with E-state index in [1.165, 1.54) is 6.08 Å². The zero-order valence-electron chi connectivity index (χ0n) is 12.9. The number of hydrogen-bond acceptors (Lipinski definition) is 3. The maximum Gasteiger partial charge on any atom is 0.248 e. The number of nitrogens with one attached hydrogen (secondary N) is 1. The van der Waals surface area contributed by atoms with E-state index in [9.17, 15) is 9.59 Å². The molecule has 0 unspecified atom stereocenters. The number of anilines is 2. The van der Waals surface area contributed by atoms with Gasteiger partial charge >= 0.3 is 0 Å². The molecule has 2 aromatic rings. The summed E-state index contributed by atoms with van der Waals surface area (Å²) in [5, 5.41) is 4.82. The van der Waals surface area contributed by atoms with Crippen molar-refractivity contribution in [2.24, 2.45) is 0 Å². The highest BCUT2D eigenvalue weighted by Crippen LogP contribution is 2.28. The van der Waals surface area contributed by atoms with Gasteiger partial charge in [-0.3, -0.25) is 9.59 Å². The van der Waals surface area contributed by atoms with Crippen LogP contribution in [0.1, 0.15) is 23.3 Å². The van der Waals surface area contributed by atoms with Crippen LogP contribution in [0, 0.1) is 6.92 Å². The van der Waals surface area contributed by atoms with E-state index >= 15 is 0 Å². The summed E-state index contributed by atoms with van der Waals surface area (Å²) >= 11 is 1.58. The molecule has 0 bridgehead atoms. The topological polar surface area (TPSA) is 49.4 Å². The van der Waals surface area contributed by atoms with Gasteiger partial charge in [-0.1, -0.05) is 12.1 Å². The van der Waals surface area contributed by atoms with Gasteiger partial charge in [-0.15, -0.1) is 11.3 Å². The highest BCUT2D eigenvalue weighted by molar-refractivity contribution is 7.10. The SMILES string of the molecule is Cc1ccc(NC(=O)/C=C/c2cccs2)cc1N1CCCC1=O. The van der Waals surface area contributed by atoms with Gasteiger partial charge in [0.25, 0.3) is 0 Å². The summed E-state index contributed by atoms with van der Waals surface area (Å²) in [7, 11) is 0. The van der Waals surface area contributed by atoms with E-state index in [0.717, 1.165) is 29.1 Å². The Morgan fingerprint density at radius 3 is 2.91 bits per heavy atom. The van der Waals surface area contributed by atoms with Crippen LogP contribution in [0.2, 0.25) is 0 Å². The molecule has 1 aliphatic rings. The van der Waals surface area contributed by atoms with Gasteiger partial charge in [-0.2, -0.15) is 0 Å². The van der Waals surface area contributed by atoms with Crippen LogP contribution >= 0.6 is 11.3 Å². The van der Waals surface area contributed by atoms with E-state index in [1.54, 1.807) is 22.3 Å². The zero-order chi connectivity index (χ0) is 16.2. The predicted octanol–water partition coefficient (Wildman–Crippen LogP) is 3.84. The van der Waals surface area contributed by atoms with Crippen LogP contribution in [0.3, 0.4) is 0 Å². The van der Waals surface area contributed by atoms with Gasteiger partial charge in [0.2, 0.25) is 11.8 Å². The lowest BCUT2D eigenvalue weighted by Gasteiger charge is -2.19. The first kappa shape index (κ1) is 15.5. The van der Waals surface area contributed by atoms with Gasteiger partial charge < -0.3 is 10.2 Å². The van der Waals surface area contributed by atoms with Gasteiger partial charge in [0.15, 0.2) is 0 Å². The molecule has 0 saturated carbocycles. The van der Waals surface area contributed by atoms with Crippen LogP contribution in [0.15, 0.2) is 41.8 Å². The number of rotatable bonds is 4. The van der Waals surface area contributed by atoms with Gasteiger partial charge in [0.1, 0.15) is 0 Å². The van der Waals surface area contributed by atoms with E-state index in [2.05, 4.69) is 5.32 Å². The largest absolute Gasteiger partial charge is 0.322 e. The first-order chi connectivity index (χ1) is 11.1. The molecule has 1 fully saturated rings. The molecule has 1 saturated heterocycles. The van der Waals surface area contributed by atoms with Crippen LogP contribution in [0.5, 0.6) is 0 Å². The minimum Gasteiger partial charge on any atom is -0.322 e. The number of nitrogens with zero attached hydrogens (tertiary/aromatic N) is 1. The van der Waals surface area contributed by atoms with E-state index < -0.39 is 0 Å². The van der Waals surface area contributed by atoms with Crippen molar-refractivity contribution in [3.63, 3.8) is 0 Å². The maximum absolute atomic E-state index is 12.0. The monoisotopic (exact) mass is 326 g/mol. The molecule has 2 heterocycles. The summed E-state index contributed by atoms with van der Waals surface area (Å²) in [5.41, 5.74) is 2.62. The smallest absolute Gasteiger partial charge is 0.248 e. The summed E-state index contributed by atoms with van der Waals surface area (Å²) in [4.78, 5) is 26.8. The van der Waals surface area contributed by atoms with Crippen LogP contribution in [0.25, 0.3) is 6.08 Å². The molecule has 118 valence electrons. The molecule has 23 heavy (non-hydrogen) atoms. The van der Waals surface area contributed by atoms with E-state index in [-0.39, 0.29) is 11.8 Å². The highest BCUT2D eigenvalue weighted by atomic mass is 32.1. The van der Waals surface area contributed by atoms with Crippen LogP contribution < -0.4 is 10.2 Å². The number of carbonyl (C=O) groups excluding carboxylic acids is 2. The Morgan fingerprint density at radius 2 is 2.22 bits per heavy atom. The second kappa shape index (κ2) is 6.79. The molecule has 4 nitrogen and oxygen atoms in total. The van der Waals surface area contributed by atoms with Crippen molar-refractivity contribution in [1.82, 2.24) is 0 Å². The lowest BCUT2D eigenvalue weighted by molar-refractivity contribution is -0.117. The fraction of sp³-hybridized carbons (Fsp3) is 0.222. The molecule has 0 radical (unpaired) electrons. The van der Waals surface area contributed by atoms with Crippen molar-refractivity contribution < 1.29 is 9.59 Å². The van der Waals surface area contributed by atoms with Crippen LogP contribution in [0.4, 0.5) is 11.4 Å². The molecule has 3 rings (SSSR count). The second-order valence-electron chi connectivity index (χ2n) is 5.49. The predicted molar refractivity (Wildman–Crippen MR) is 94.7 cm³/mol. The quantitative estimate of drug-likeness (QED) is 0.868. The number of amides is 2. The average Bonchev–Trinajstić information content (AvgIpc) is 3.19. The first-order valence-electron chi connectivity index (χ1n) is 7.57. The summed E-state index contributed by atoms with van der Waals surface area (Å²) in [5.74, 6) is -0.0323. The molecular weight excluding hydrogens is 308 g/mol. The Labute approximate surface area is 139 Å². The third-order valence-corrected chi connectivity index (χ3v) is 4.62. The summed E-state index contributed by atoms with van der Waals surface area (Å²) < 4.78 is 0. The number of benzene rings is 1. The Balaban J connectivity index is 1.73. The zero-order valence-corrected chi connectivity index (χ0v) is 13.7. The molecule has 0 atom stereocenters. The maximum atomic E-state index is 12.0. The highest BCUT2D eigenvalue weighted by Gasteiger charge is 2.23.